The van der Waals surface area contributed by atoms with Gasteiger partial charge in [-0.2, -0.15) is 5.26 Å². The van der Waals surface area contributed by atoms with Gasteiger partial charge in [-0.15, -0.1) is 0 Å². The fourth-order valence-electron chi connectivity index (χ4n) is 1.91. The van der Waals surface area contributed by atoms with E-state index in [1.807, 2.05) is 6.07 Å². The monoisotopic (exact) mass is 273 g/mol. The Hall–Kier alpha value is -2.81. The van der Waals surface area contributed by atoms with Gasteiger partial charge < -0.3 is 14.3 Å². The summed E-state index contributed by atoms with van der Waals surface area (Å²) in [6.07, 6.45) is 0.0498. The van der Waals surface area contributed by atoms with Crippen LogP contribution in [0.15, 0.2) is 27.4 Å². The van der Waals surface area contributed by atoms with Crippen LogP contribution >= 0.6 is 0 Å². The molecule has 6 heteroatoms. The third kappa shape index (κ3) is 2.47. The lowest BCUT2D eigenvalue weighted by atomic mass is 10.0. The summed E-state index contributed by atoms with van der Waals surface area (Å²) in [5.74, 6) is -0.536. The fraction of sp³-hybridized carbons (Fsp3) is 0.214. The number of hydrogen-bond donors (Lipinski definition) is 1. The molecule has 1 N–H and O–H groups in total. The summed E-state index contributed by atoms with van der Waals surface area (Å²) in [4.78, 5) is 23.0. The Labute approximate surface area is 113 Å². The number of esters is 1. The van der Waals surface area contributed by atoms with Gasteiger partial charge in [0.25, 0.3) is 0 Å². The Bertz CT molecular complexity index is 769. The predicted molar refractivity (Wildman–Crippen MR) is 69.2 cm³/mol. The number of nitriles is 1. The summed E-state index contributed by atoms with van der Waals surface area (Å²) in [5, 5.41) is 19.0. The SMILES string of the molecule is COC(=O)CCc1c(C#N)c2ccc(O)cc2oc1=O. The summed E-state index contributed by atoms with van der Waals surface area (Å²) in [6.45, 7) is 0. The van der Waals surface area contributed by atoms with Gasteiger partial charge in [-0.3, -0.25) is 4.79 Å². The number of fused-ring (bicyclic) bond motifs is 1. The van der Waals surface area contributed by atoms with Crippen LogP contribution in [0.1, 0.15) is 17.5 Å². The van der Waals surface area contributed by atoms with Gasteiger partial charge in [0.15, 0.2) is 0 Å². The van der Waals surface area contributed by atoms with Crippen molar-refractivity contribution in [1.29, 1.82) is 5.26 Å². The van der Waals surface area contributed by atoms with E-state index < -0.39 is 11.6 Å². The Balaban J connectivity index is 2.57. The lowest BCUT2D eigenvalue weighted by Gasteiger charge is -2.05. The second-order valence-corrected chi connectivity index (χ2v) is 4.11. The summed E-state index contributed by atoms with van der Waals surface area (Å²) in [7, 11) is 1.25. The van der Waals surface area contributed by atoms with Crippen LogP contribution in [0.25, 0.3) is 11.0 Å². The number of nitrogens with zero attached hydrogens (tertiary/aromatic N) is 1. The van der Waals surface area contributed by atoms with Crippen molar-refractivity contribution in [2.45, 2.75) is 12.8 Å². The molecule has 20 heavy (non-hydrogen) atoms. The summed E-state index contributed by atoms with van der Waals surface area (Å²) >= 11 is 0. The van der Waals surface area contributed by atoms with Crippen molar-refractivity contribution in [2.24, 2.45) is 0 Å². The number of hydrogen-bond acceptors (Lipinski definition) is 6. The first kappa shape index (κ1) is 13.6. The van der Waals surface area contributed by atoms with E-state index in [0.29, 0.717) is 5.39 Å². The van der Waals surface area contributed by atoms with E-state index in [1.165, 1.54) is 25.3 Å². The Morgan fingerprint density at radius 3 is 2.90 bits per heavy atom. The quantitative estimate of drug-likeness (QED) is 0.671. The lowest BCUT2D eigenvalue weighted by Crippen LogP contribution is -2.13. The third-order valence-electron chi connectivity index (χ3n) is 2.90. The van der Waals surface area contributed by atoms with E-state index in [2.05, 4.69) is 4.74 Å². The minimum absolute atomic E-state index is 0.0144. The van der Waals surface area contributed by atoms with E-state index in [9.17, 15) is 20.0 Å². The summed E-state index contributed by atoms with van der Waals surface area (Å²) in [6, 6.07) is 6.10. The molecule has 0 bridgehead atoms. The fourth-order valence-corrected chi connectivity index (χ4v) is 1.91. The number of rotatable bonds is 3. The zero-order valence-electron chi connectivity index (χ0n) is 10.7. The van der Waals surface area contributed by atoms with Crippen LogP contribution in [0.3, 0.4) is 0 Å². The predicted octanol–water partition coefficient (Wildman–Crippen LogP) is 1.48. The molecule has 0 atom stereocenters. The van der Waals surface area contributed by atoms with Crippen LogP contribution in [0.2, 0.25) is 0 Å². The number of phenols is 1. The van der Waals surface area contributed by atoms with E-state index in [0.717, 1.165) is 0 Å². The molecular weight excluding hydrogens is 262 g/mol. The molecular formula is C14H11NO5. The minimum atomic E-state index is -0.691. The van der Waals surface area contributed by atoms with Gasteiger partial charge in [0.2, 0.25) is 0 Å². The maximum absolute atomic E-state index is 11.9. The zero-order chi connectivity index (χ0) is 14.7. The summed E-state index contributed by atoms with van der Waals surface area (Å²) in [5.41, 5.74) is -0.270. The Morgan fingerprint density at radius 2 is 2.25 bits per heavy atom. The van der Waals surface area contributed by atoms with E-state index in [4.69, 9.17) is 4.42 Å². The molecule has 0 saturated carbocycles. The van der Waals surface area contributed by atoms with Crippen molar-refractivity contribution in [1.82, 2.24) is 0 Å². The maximum atomic E-state index is 11.9. The average molecular weight is 273 g/mol. The molecule has 0 fully saturated rings. The van der Waals surface area contributed by atoms with Gasteiger partial charge in [0.05, 0.1) is 18.2 Å². The highest BCUT2D eigenvalue weighted by Crippen LogP contribution is 2.24. The highest BCUT2D eigenvalue weighted by molar-refractivity contribution is 5.85. The molecule has 1 aromatic carbocycles. The van der Waals surface area contributed by atoms with Gasteiger partial charge in [0, 0.05) is 17.9 Å². The van der Waals surface area contributed by atoms with Gasteiger partial charge >= 0.3 is 11.6 Å². The average Bonchev–Trinajstić information content (AvgIpc) is 2.43. The normalized spacial score (nSPS) is 10.2. The van der Waals surface area contributed by atoms with Crippen LogP contribution in [-0.2, 0) is 16.0 Å². The molecule has 0 radical (unpaired) electrons. The van der Waals surface area contributed by atoms with Crippen LogP contribution in [0, 0.1) is 11.3 Å². The van der Waals surface area contributed by atoms with Crippen LogP contribution in [0.5, 0.6) is 5.75 Å². The van der Waals surface area contributed by atoms with Crippen LogP contribution in [-0.4, -0.2) is 18.2 Å². The third-order valence-corrected chi connectivity index (χ3v) is 2.90. The van der Waals surface area contributed by atoms with E-state index in [-0.39, 0.29) is 35.3 Å². The van der Waals surface area contributed by atoms with Crippen molar-refractivity contribution >= 4 is 16.9 Å². The zero-order valence-corrected chi connectivity index (χ0v) is 10.7. The Morgan fingerprint density at radius 1 is 1.50 bits per heavy atom. The number of methoxy groups -OCH3 is 1. The first-order valence-corrected chi connectivity index (χ1v) is 5.82. The first-order valence-electron chi connectivity index (χ1n) is 5.82. The molecule has 0 aliphatic carbocycles. The van der Waals surface area contributed by atoms with E-state index in [1.54, 1.807) is 0 Å². The molecule has 0 spiro atoms. The molecule has 0 amide bonds. The van der Waals surface area contributed by atoms with Gasteiger partial charge in [-0.05, 0) is 18.6 Å². The second-order valence-electron chi connectivity index (χ2n) is 4.11. The molecule has 6 nitrogen and oxygen atoms in total. The van der Waals surface area contributed by atoms with Crippen molar-refractivity contribution in [3.8, 4) is 11.8 Å². The van der Waals surface area contributed by atoms with Crippen molar-refractivity contribution in [2.75, 3.05) is 7.11 Å². The van der Waals surface area contributed by atoms with Crippen molar-refractivity contribution in [3.05, 3.63) is 39.7 Å². The lowest BCUT2D eigenvalue weighted by molar-refractivity contribution is -0.140. The number of aromatic hydroxyl groups is 1. The highest BCUT2D eigenvalue weighted by Gasteiger charge is 2.16. The van der Waals surface area contributed by atoms with Crippen molar-refractivity contribution < 1.29 is 19.1 Å². The number of ether oxygens (including phenoxy) is 1. The number of carbonyl (C=O) groups is 1. The molecule has 0 aliphatic rings. The Kier molecular flexibility index (Phi) is 3.71. The van der Waals surface area contributed by atoms with E-state index >= 15 is 0 Å². The smallest absolute Gasteiger partial charge is 0.340 e. The molecule has 0 aliphatic heterocycles. The molecule has 2 rings (SSSR count). The first-order chi connectivity index (χ1) is 9.56. The molecule has 0 unspecified atom stereocenters. The number of benzene rings is 1. The van der Waals surface area contributed by atoms with Gasteiger partial charge in [-0.25, -0.2) is 4.79 Å². The molecule has 2 aromatic rings. The van der Waals surface area contributed by atoms with Gasteiger partial charge in [-0.1, -0.05) is 0 Å². The highest BCUT2D eigenvalue weighted by atomic mass is 16.5. The maximum Gasteiger partial charge on any atom is 0.340 e. The molecule has 1 aromatic heterocycles. The van der Waals surface area contributed by atoms with Crippen LogP contribution in [0.4, 0.5) is 0 Å². The van der Waals surface area contributed by atoms with Gasteiger partial charge in [0.1, 0.15) is 17.4 Å². The van der Waals surface area contributed by atoms with Crippen LogP contribution < -0.4 is 5.63 Å². The largest absolute Gasteiger partial charge is 0.508 e. The second kappa shape index (κ2) is 5.45. The molecule has 0 saturated heterocycles. The van der Waals surface area contributed by atoms with Crippen molar-refractivity contribution in [3.63, 3.8) is 0 Å². The molecule has 102 valence electrons. The number of carbonyl (C=O) groups excluding carboxylic acids is 1. The summed E-state index contributed by atoms with van der Waals surface area (Å²) < 4.78 is 9.56. The number of phenolic OH excluding ortho intramolecular Hbond substituents is 1. The topological polar surface area (TPSA) is 101 Å². The standard InChI is InChI=1S/C14H11NO5/c1-19-13(17)5-4-10-11(7-15)9-3-2-8(16)6-12(9)20-14(10)18/h2-3,6,16H,4-5H2,1H3. The minimum Gasteiger partial charge on any atom is -0.508 e. The molecule has 1 heterocycles.